The molecule has 0 atom stereocenters. The Kier molecular flexibility index (Phi) is 9.65. The van der Waals surface area contributed by atoms with E-state index in [0.29, 0.717) is 23.5 Å². The van der Waals surface area contributed by atoms with Crippen molar-refractivity contribution in [2.24, 2.45) is 5.41 Å². The molecule has 0 aromatic heterocycles. The third-order valence-electron chi connectivity index (χ3n) is 4.67. The van der Waals surface area contributed by atoms with Gasteiger partial charge in [0.15, 0.2) is 5.11 Å². The summed E-state index contributed by atoms with van der Waals surface area (Å²) in [6.07, 6.45) is 4.59. The van der Waals surface area contributed by atoms with Crippen molar-refractivity contribution < 1.29 is 14.3 Å². The van der Waals surface area contributed by atoms with Crippen LogP contribution in [0.1, 0.15) is 63.7 Å². The fraction of sp³-hybridized carbons (Fsp3) is 0.400. The van der Waals surface area contributed by atoms with Crippen molar-refractivity contribution in [1.29, 1.82) is 0 Å². The molecule has 2 amide bonds. The van der Waals surface area contributed by atoms with Crippen LogP contribution in [0.3, 0.4) is 0 Å². The summed E-state index contributed by atoms with van der Waals surface area (Å²) < 4.78 is 5.71. The van der Waals surface area contributed by atoms with Crippen molar-refractivity contribution in [2.45, 2.75) is 53.4 Å². The van der Waals surface area contributed by atoms with Gasteiger partial charge in [0.25, 0.3) is 5.91 Å². The van der Waals surface area contributed by atoms with E-state index in [-0.39, 0.29) is 16.9 Å². The lowest BCUT2D eigenvalue weighted by atomic mass is 9.95. The molecule has 172 valence electrons. The molecule has 0 unspecified atom stereocenters. The van der Waals surface area contributed by atoms with Crippen LogP contribution in [0, 0.1) is 5.41 Å². The first kappa shape index (κ1) is 25.3. The van der Waals surface area contributed by atoms with Gasteiger partial charge in [0.1, 0.15) is 5.75 Å². The summed E-state index contributed by atoms with van der Waals surface area (Å²) in [5.41, 5.74) is 1.30. The molecule has 0 fully saturated rings. The summed E-state index contributed by atoms with van der Waals surface area (Å²) in [5, 5.41) is 8.68. The average Bonchev–Trinajstić information content (AvgIpc) is 2.73. The highest BCUT2D eigenvalue weighted by atomic mass is 32.1. The number of thiocarbonyl (C=S) groups is 1. The number of anilines is 2. The maximum atomic E-state index is 12.5. The standard InChI is InChI=1S/C25H33N3O3S/c1-5-6-7-8-16-31-21-14-12-18(13-15-21)22(29)28-24(32)27-20-11-9-10-19(17-20)26-23(30)25(2,3)4/h9-15,17H,5-8,16H2,1-4H3,(H,26,30)(H2,27,28,29,32). The second-order valence-corrected chi connectivity index (χ2v) is 9.03. The van der Waals surface area contributed by atoms with Crippen molar-refractivity contribution in [2.75, 3.05) is 17.2 Å². The van der Waals surface area contributed by atoms with Crippen molar-refractivity contribution in [3.8, 4) is 5.75 Å². The Balaban J connectivity index is 1.86. The average molecular weight is 456 g/mol. The van der Waals surface area contributed by atoms with Gasteiger partial charge in [0, 0.05) is 22.4 Å². The highest BCUT2D eigenvalue weighted by molar-refractivity contribution is 7.80. The first-order valence-electron chi connectivity index (χ1n) is 11.0. The minimum atomic E-state index is -0.498. The Morgan fingerprint density at radius 3 is 2.22 bits per heavy atom. The highest BCUT2D eigenvalue weighted by Gasteiger charge is 2.21. The number of hydrogen-bond donors (Lipinski definition) is 3. The predicted octanol–water partition coefficient (Wildman–Crippen LogP) is 5.76. The fourth-order valence-electron chi connectivity index (χ4n) is 2.75. The molecule has 32 heavy (non-hydrogen) atoms. The van der Waals surface area contributed by atoms with Crippen LogP contribution in [0.5, 0.6) is 5.75 Å². The molecule has 3 N–H and O–H groups in total. The predicted molar refractivity (Wildman–Crippen MR) is 134 cm³/mol. The second kappa shape index (κ2) is 12.2. The molecule has 6 nitrogen and oxygen atoms in total. The molecule has 0 aliphatic rings. The molecule has 0 aliphatic heterocycles. The Morgan fingerprint density at radius 1 is 0.938 bits per heavy atom. The van der Waals surface area contributed by atoms with Crippen molar-refractivity contribution in [3.05, 3.63) is 54.1 Å². The Labute approximate surface area is 196 Å². The molecule has 2 aromatic rings. The smallest absolute Gasteiger partial charge is 0.257 e. The maximum Gasteiger partial charge on any atom is 0.257 e. The number of carbonyl (C=O) groups is 2. The monoisotopic (exact) mass is 455 g/mol. The summed E-state index contributed by atoms with van der Waals surface area (Å²) >= 11 is 5.27. The zero-order valence-corrected chi connectivity index (χ0v) is 20.1. The summed E-state index contributed by atoms with van der Waals surface area (Å²) in [6, 6.07) is 14.1. The Hall–Kier alpha value is -2.93. The Morgan fingerprint density at radius 2 is 1.59 bits per heavy atom. The number of nitrogens with one attached hydrogen (secondary N) is 3. The first-order chi connectivity index (χ1) is 15.2. The number of unbranched alkanes of at least 4 members (excludes halogenated alkanes) is 3. The SMILES string of the molecule is CCCCCCOc1ccc(C(=O)NC(=S)Nc2cccc(NC(=O)C(C)(C)C)c2)cc1. The minimum Gasteiger partial charge on any atom is -0.494 e. The molecule has 0 aliphatic carbocycles. The van der Waals surface area contributed by atoms with Gasteiger partial charge in [0.2, 0.25) is 5.91 Å². The van der Waals surface area contributed by atoms with Crippen molar-refractivity contribution in [3.63, 3.8) is 0 Å². The van der Waals surface area contributed by atoms with Gasteiger partial charge < -0.3 is 15.4 Å². The number of benzene rings is 2. The number of hydrogen-bond acceptors (Lipinski definition) is 4. The van der Waals surface area contributed by atoms with E-state index >= 15 is 0 Å². The van der Waals surface area contributed by atoms with Gasteiger partial charge in [-0.2, -0.15) is 0 Å². The summed E-state index contributed by atoms with van der Waals surface area (Å²) in [6.45, 7) is 8.40. The molecular weight excluding hydrogens is 422 g/mol. The third kappa shape index (κ3) is 8.67. The van der Waals surface area contributed by atoms with Crippen LogP contribution in [-0.2, 0) is 4.79 Å². The molecule has 0 spiro atoms. The molecule has 2 aromatic carbocycles. The molecule has 0 bridgehead atoms. The van der Waals surface area contributed by atoms with Crippen LogP contribution >= 0.6 is 12.2 Å². The van der Waals surface area contributed by atoms with Crippen LogP contribution < -0.4 is 20.7 Å². The van der Waals surface area contributed by atoms with E-state index in [0.717, 1.165) is 18.6 Å². The molecule has 0 radical (unpaired) electrons. The summed E-state index contributed by atoms with van der Waals surface area (Å²) in [7, 11) is 0. The number of rotatable bonds is 9. The van der Waals surface area contributed by atoms with Gasteiger partial charge in [-0.05, 0) is 61.1 Å². The van der Waals surface area contributed by atoms with Crippen molar-refractivity contribution in [1.82, 2.24) is 5.32 Å². The molecule has 0 heterocycles. The van der Waals surface area contributed by atoms with Gasteiger partial charge in [-0.15, -0.1) is 0 Å². The van der Waals surface area contributed by atoms with Gasteiger partial charge in [-0.25, -0.2) is 0 Å². The lowest BCUT2D eigenvalue weighted by Gasteiger charge is -2.18. The van der Waals surface area contributed by atoms with E-state index in [9.17, 15) is 9.59 Å². The quantitative estimate of drug-likeness (QED) is 0.331. The van der Waals surface area contributed by atoms with E-state index in [1.165, 1.54) is 12.8 Å². The number of carbonyl (C=O) groups excluding carboxylic acids is 2. The van der Waals surface area contributed by atoms with Crippen LogP contribution in [0.15, 0.2) is 48.5 Å². The molecule has 0 saturated carbocycles. The summed E-state index contributed by atoms with van der Waals surface area (Å²) in [4.78, 5) is 24.6. The van der Waals surface area contributed by atoms with Gasteiger partial charge in [-0.3, -0.25) is 14.9 Å². The van der Waals surface area contributed by atoms with E-state index in [2.05, 4.69) is 22.9 Å². The van der Waals surface area contributed by atoms with Crippen LogP contribution in [0.25, 0.3) is 0 Å². The zero-order chi connectivity index (χ0) is 23.6. The minimum absolute atomic E-state index is 0.0843. The number of ether oxygens (including phenoxy) is 1. The van der Waals surface area contributed by atoms with Gasteiger partial charge in [-0.1, -0.05) is 53.0 Å². The highest BCUT2D eigenvalue weighted by Crippen LogP contribution is 2.20. The van der Waals surface area contributed by atoms with E-state index in [1.54, 1.807) is 48.5 Å². The lowest BCUT2D eigenvalue weighted by Crippen LogP contribution is -2.34. The largest absolute Gasteiger partial charge is 0.494 e. The van der Waals surface area contributed by atoms with E-state index in [1.807, 2.05) is 20.8 Å². The maximum absolute atomic E-state index is 12.5. The van der Waals surface area contributed by atoms with Crippen LogP contribution in [0.2, 0.25) is 0 Å². The zero-order valence-electron chi connectivity index (χ0n) is 19.3. The normalized spacial score (nSPS) is 10.9. The van der Waals surface area contributed by atoms with Crippen LogP contribution in [-0.4, -0.2) is 23.5 Å². The van der Waals surface area contributed by atoms with Gasteiger partial charge >= 0.3 is 0 Å². The Bertz CT molecular complexity index is 921. The van der Waals surface area contributed by atoms with E-state index in [4.69, 9.17) is 17.0 Å². The van der Waals surface area contributed by atoms with Crippen molar-refractivity contribution >= 4 is 40.5 Å². The molecule has 7 heteroatoms. The first-order valence-corrected chi connectivity index (χ1v) is 11.4. The number of amides is 2. The summed E-state index contributed by atoms with van der Waals surface area (Å²) in [5.74, 6) is 0.348. The van der Waals surface area contributed by atoms with E-state index < -0.39 is 5.41 Å². The molecular formula is C25H33N3O3S. The fourth-order valence-corrected chi connectivity index (χ4v) is 2.96. The van der Waals surface area contributed by atoms with Gasteiger partial charge in [0.05, 0.1) is 6.61 Å². The third-order valence-corrected chi connectivity index (χ3v) is 4.87. The lowest BCUT2D eigenvalue weighted by molar-refractivity contribution is -0.123. The van der Waals surface area contributed by atoms with Crippen LogP contribution in [0.4, 0.5) is 11.4 Å². The topological polar surface area (TPSA) is 79.5 Å². The second-order valence-electron chi connectivity index (χ2n) is 8.63. The molecule has 2 rings (SSSR count). The molecule has 0 saturated heterocycles.